The number of rotatable bonds is 4. The molecule has 1 saturated heterocycles. The van der Waals surface area contributed by atoms with Crippen molar-refractivity contribution in [3.63, 3.8) is 0 Å². The molecule has 1 aliphatic rings. The first-order valence-corrected chi connectivity index (χ1v) is 7.11. The molecule has 2 rings (SSSR count). The molecule has 0 spiro atoms. The second-order valence-corrected chi connectivity index (χ2v) is 5.73. The first kappa shape index (κ1) is 14.9. The fraction of sp³-hybridized carbons (Fsp3) is 0.600. The molecule has 1 aliphatic heterocycles. The van der Waals surface area contributed by atoms with Gasteiger partial charge in [0.2, 0.25) is 0 Å². The Hall–Kier alpha value is -1.49. The lowest BCUT2D eigenvalue weighted by Gasteiger charge is -2.37. The summed E-state index contributed by atoms with van der Waals surface area (Å²) in [6.45, 7) is 9.12. The van der Waals surface area contributed by atoms with E-state index in [4.69, 9.17) is 10.5 Å². The predicted molar refractivity (Wildman–Crippen MR) is 80.9 cm³/mol. The minimum Gasteiger partial charge on any atom is -0.495 e. The van der Waals surface area contributed by atoms with Crippen LogP contribution in [0.4, 0.5) is 15.8 Å². The number of anilines is 2. The Bertz CT molecular complexity index is 457. The Morgan fingerprint density at radius 3 is 2.45 bits per heavy atom. The average molecular weight is 281 g/mol. The second-order valence-electron chi connectivity index (χ2n) is 5.73. The van der Waals surface area contributed by atoms with Gasteiger partial charge in [0, 0.05) is 44.9 Å². The van der Waals surface area contributed by atoms with Crippen LogP contribution in [0.25, 0.3) is 0 Å². The summed E-state index contributed by atoms with van der Waals surface area (Å²) in [7, 11) is 1.55. The van der Waals surface area contributed by atoms with Crippen molar-refractivity contribution in [1.82, 2.24) is 4.90 Å². The molecule has 1 heterocycles. The van der Waals surface area contributed by atoms with Crippen molar-refractivity contribution >= 4 is 11.4 Å². The van der Waals surface area contributed by atoms with Crippen LogP contribution in [-0.2, 0) is 0 Å². The zero-order chi connectivity index (χ0) is 14.7. The van der Waals surface area contributed by atoms with Crippen molar-refractivity contribution in [2.24, 2.45) is 5.92 Å². The van der Waals surface area contributed by atoms with Crippen LogP contribution in [0.1, 0.15) is 13.8 Å². The molecule has 1 aromatic rings. The minimum atomic E-state index is -0.277. The maximum absolute atomic E-state index is 14.1. The Morgan fingerprint density at radius 1 is 1.25 bits per heavy atom. The number of nitrogens with zero attached hydrogens (tertiary/aromatic N) is 2. The third kappa shape index (κ3) is 3.33. The highest BCUT2D eigenvalue weighted by Gasteiger charge is 2.21. The molecule has 112 valence electrons. The van der Waals surface area contributed by atoms with Crippen molar-refractivity contribution in [2.75, 3.05) is 50.5 Å². The SMILES string of the molecule is COc1cc(N2CCN(CC(C)C)CC2)c(F)cc1N. The van der Waals surface area contributed by atoms with Crippen LogP contribution < -0.4 is 15.4 Å². The number of piperazine rings is 1. The quantitative estimate of drug-likeness (QED) is 0.859. The van der Waals surface area contributed by atoms with Crippen LogP contribution in [-0.4, -0.2) is 44.7 Å². The average Bonchev–Trinajstić information content (AvgIpc) is 2.39. The number of hydrogen-bond donors (Lipinski definition) is 1. The van der Waals surface area contributed by atoms with Gasteiger partial charge >= 0.3 is 0 Å². The lowest BCUT2D eigenvalue weighted by molar-refractivity contribution is 0.231. The third-order valence-electron chi connectivity index (χ3n) is 3.64. The van der Waals surface area contributed by atoms with Crippen LogP contribution in [0.2, 0.25) is 0 Å². The summed E-state index contributed by atoms with van der Waals surface area (Å²) in [6, 6.07) is 3.04. The molecule has 5 heteroatoms. The van der Waals surface area contributed by atoms with Gasteiger partial charge in [-0.3, -0.25) is 4.90 Å². The molecule has 4 nitrogen and oxygen atoms in total. The highest BCUT2D eigenvalue weighted by Crippen LogP contribution is 2.31. The summed E-state index contributed by atoms with van der Waals surface area (Å²) >= 11 is 0. The number of hydrogen-bond acceptors (Lipinski definition) is 4. The van der Waals surface area contributed by atoms with E-state index in [1.807, 2.05) is 0 Å². The van der Waals surface area contributed by atoms with Crippen LogP contribution >= 0.6 is 0 Å². The van der Waals surface area contributed by atoms with E-state index in [-0.39, 0.29) is 5.82 Å². The van der Waals surface area contributed by atoms with Crippen LogP contribution in [0.5, 0.6) is 5.75 Å². The maximum atomic E-state index is 14.1. The Kier molecular flexibility index (Phi) is 4.70. The van der Waals surface area contributed by atoms with E-state index in [0.29, 0.717) is 23.0 Å². The van der Waals surface area contributed by atoms with Gasteiger partial charge in [0.15, 0.2) is 0 Å². The Morgan fingerprint density at radius 2 is 1.90 bits per heavy atom. The van der Waals surface area contributed by atoms with Crippen LogP contribution in [0.15, 0.2) is 12.1 Å². The second kappa shape index (κ2) is 6.31. The molecule has 1 aromatic carbocycles. The van der Waals surface area contributed by atoms with E-state index in [1.165, 1.54) is 6.07 Å². The number of halogens is 1. The van der Waals surface area contributed by atoms with Gasteiger partial charge in [0.25, 0.3) is 0 Å². The van der Waals surface area contributed by atoms with Crippen molar-refractivity contribution in [3.8, 4) is 5.75 Å². The third-order valence-corrected chi connectivity index (χ3v) is 3.64. The van der Waals surface area contributed by atoms with Crippen LogP contribution in [0.3, 0.4) is 0 Å². The smallest absolute Gasteiger partial charge is 0.148 e. The lowest BCUT2D eigenvalue weighted by atomic mass is 10.1. The normalized spacial score (nSPS) is 16.8. The molecule has 0 unspecified atom stereocenters. The summed E-state index contributed by atoms with van der Waals surface area (Å²) in [5.41, 5.74) is 6.64. The van der Waals surface area contributed by atoms with Gasteiger partial charge in [0.1, 0.15) is 11.6 Å². The fourth-order valence-corrected chi connectivity index (χ4v) is 2.66. The summed E-state index contributed by atoms with van der Waals surface area (Å²) < 4.78 is 19.2. The standard InChI is InChI=1S/C15H24FN3O/c1-11(2)10-18-4-6-19(7-5-18)14-9-15(20-3)13(17)8-12(14)16/h8-9,11H,4-7,10,17H2,1-3H3. The van der Waals surface area contributed by atoms with Gasteiger partial charge in [-0.2, -0.15) is 0 Å². The highest BCUT2D eigenvalue weighted by molar-refractivity contribution is 5.63. The largest absolute Gasteiger partial charge is 0.495 e. The minimum absolute atomic E-state index is 0.277. The van der Waals surface area contributed by atoms with Gasteiger partial charge in [-0.05, 0) is 5.92 Å². The molecule has 0 radical (unpaired) electrons. The van der Waals surface area contributed by atoms with Gasteiger partial charge in [-0.25, -0.2) is 4.39 Å². The molecule has 0 atom stereocenters. The van der Waals surface area contributed by atoms with Gasteiger partial charge in [0.05, 0.1) is 18.5 Å². The fourth-order valence-electron chi connectivity index (χ4n) is 2.66. The maximum Gasteiger partial charge on any atom is 0.148 e. The molecule has 0 bridgehead atoms. The molecule has 0 saturated carbocycles. The van der Waals surface area contributed by atoms with Crippen molar-refractivity contribution in [3.05, 3.63) is 17.9 Å². The number of nitrogens with two attached hydrogens (primary N) is 1. The first-order valence-electron chi connectivity index (χ1n) is 7.11. The van der Waals surface area contributed by atoms with Gasteiger partial charge in [-0.1, -0.05) is 13.8 Å². The molecule has 0 aliphatic carbocycles. The van der Waals surface area contributed by atoms with Crippen molar-refractivity contribution < 1.29 is 9.13 Å². The Labute approximate surface area is 120 Å². The summed E-state index contributed by atoms with van der Waals surface area (Å²) in [6.07, 6.45) is 0. The van der Waals surface area contributed by atoms with E-state index in [1.54, 1.807) is 13.2 Å². The lowest BCUT2D eigenvalue weighted by Crippen LogP contribution is -2.47. The first-order chi connectivity index (χ1) is 9.51. The monoisotopic (exact) mass is 281 g/mol. The summed E-state index contributed by atoms with van der Waals surface area (Å²) in [4.78, 5) is 4.49. The zero-order valence-corrected chi connectivity index (χ0v) is 12.5. The summed E-state index contributed by atoms with van der Waals surface area (Å²) in [5.74, 6) is 0.918. The number of methoxy groups -OCH3 is 1. The van der Waals surface area contributed by atoms with E-state index in [9.17, 15) is 4.39 Å². The highest BCUT2D eigenvalue weighted by atomic mass is 19.1. The molecular weight excluding hydrogens is 257 g/mol. The molecule has 0 aromatic heterocycles. The molecule has 1 fully saturated rings. The van der Waals surface area contributed by atoms with E-state index in [0.717, 1.165) is 32.7 Å². The van der Waals surface area contributed by atoms with Crippen molar-refractivity contribution in [2.45, 2.75) is 13.8 Å². The van der Waals surface area contributed by atoms with E-state index < -0.39 is 0 Å². The van der Waals surface area contributed by atoms with Crippen molar-refractivity contribution in [1.29, 1.82) is 0 Å². The molecule has 0 amide bonds. The topological polar surface area (TPSA) is 41.7 Å². The Balaban J connectivity index is 2.07. The van der Waals surface area contributed by atoms with E-state index >= 15 is 0 Å². The van der Waals surface area contributed by atoms with Gasteiger partial charge < -0.3 is 15.4 Å². The van der Waals surface area contributed by atoms with Gasteiger partial charge in [-0.15, -0.1) is 0 Å². The van der Waals surface area contributed by atoms with Crippen LogP contribution in [0, 0.1) is 11.7 Å². The predicted octanol–water partition coefficient (Wildman–Crippen LogP) is 2.19. The molecule has 20 heavy (non-hydrogen) atoms. The number of ether oxygens (including phenoxy) is 1. The summed E-state index contributed by atoms with van der Waals surface area (Å²) in [5, 5.41) is 0. The zero-order valence-electron chi connectivity index (χ0n) is 12.5. The van der Waals surface area contributed by atoms with E-state index in [2.05, 4.69) is 23.6 Å². The molecule has 2 N–H and O–H groups in total. The number of benzene rings is 1. The number of nitrogen functional groups attached to an aromatic ring is 1. The molecular formula is C15H24FN3O.